The van der Waals surface area contributed by atoms with E-state index in [1.807, 2.05) is 12.1 Å². The van der Waals surface area contributed by atoms with Crippen LogP contribution in [0.1, 0.15) is 5.56 Å². The second-order valence-electron chi connectivity index (χ2n) is 4.66. The lowest BCUT2D eigenvalue weighted by atomic mass is 10.1. The number of amides is 1. The van der Waals surface area contributed by atoms with Gasteiger partial charge in [0.05, 0.1) is 23.6 Å². The van der Waals surface area contributed by atoms with Gasteiger partial charge in [0.15, 0.2) is 5.11 Å². The monoisotopic (exact) mass is 368 g/mol. The van der Waals surface area contributed by atoms with Crippen molar-refractivity contribution in [1.29, 1.82) is 0 Å². The average Bonchev–Trinajstić information content (AvgIpc) is 2.51. The lowest BCUT2D eigenvalue weighted by molar-refractivity contribution is -0.119. The van der Waals surface area contributed by atoms with Crippen LogP contribution in [-0.2, 0) is 11.2 Å². The van der Waals surface area contributed by atoms with E-state index in [1.165, 1.54) is 0 Å². The van der Waals surface area contributed by atoms with Gasteiger partial charge in [0.1, 0.15) is 5.75 Å². The zero-order valence-corrected chi connectivity index (χ0v) is 14.6. The smallest absolute Gasteiger partial charge is 0.230 e. The molecule has 0 radical (unpaired) electrons. The van der Waals surface area contributed by atoms with Crippen LogP contribution in [0.25, 0.3) is 0 Å². The van der Waals surface area contributed by atoms with Crippen LogP contribution in [0.2, 0.25) is 10.0 Å². The van der Waals surface area contributed by atoms with Gasteiger partial charge in [0.2, 0.25) is 5.91 Å². The number of rotatable bonds is 4. The van der Waals surface area contributed by atoms with Crippen LogP contribution >= 0.6 is 35.4 Å². The highest BCUT2D eigenvalue weighted by molar-refractivity contribution is 7.80. The van der Waals surface area contributed by atoms with Crippen LogP contribution in [0.5, 0.6) is 5.75 Å². The topological polar surface area (TPSA) is 50.4 Å². The largest absolute Gasteiger partial charge is 0.497 e. The van der Waals surface area contributed by atoms with E-state index in [4.69, 9.17) is 40.2 Å². The van der Waals surface area contributed by atoms with E-state index in [9.17, 15) is 4.79 Å². The van der Waals surface area contributed by atoms with Gasteiger partial charge in [-0.05, 0) is 48.1 Å². The van der Waals surface area contributed by atoms with Crippen molar-refractivity contribution in [3.8, 4) is 5.75 Å². The summed E-state index contributed by atoms with van der Waals surface area (Å²) in [6, 6.07) is 12.3. The van der Waals surface area contributed by atoms with Gasteiger partial charge in [-0.2, -0.15) is 0 Å². The molecule has 2 aromatic rings. The molecule has 0 aliphatic carbocycles. The quantitative estimate of drug-likeness (QED) is 0.799. The normalized spacial score (nSPS) is 10.0. The first-order valence-corrected chi connectivity index (χ1v) is 7.83. The molecular weight excluding hydrogens is 355 g/mol. The highest BCUT2D eigenvalue weighted by Crippen LogP contribution is 2.24. The van der Waals surface area contributed by atoms with Crippen molar-refractivity contribution in [3.63, 3.8) is 0 Å². The number of nitrogens with one attached hydrogen (secondary N) is 2. The average molecular weight is 369 g/mol. The second-order valence-corrected chi connectivity index (χ2v) is 5.88. The zero-order chi connectivity index (χ0) is 16.8. The highest BCUT2D eigenvalue weighted by atomic mass is 35.5. The molecule has 0 unspecified atom stereocenters. The van der Waals surface area contributed by atoms with Crippen LogP contribution in [0.15, 0.2) is 42.5 Å². The molecule has 120 valence electrons. The van der Waals surface area contributed by atoms with Crippen LogP contribution in [-0.4, -0.2) is 18.1 Å². The van der Waals surface area contributed by atoms with Gasteiger partial charge in [-0.25, -0.2) is 0 Å². The van der Waals surface area contributed by atoms with Gasteiger partial charge in [-0.1, -0.05) is 35.3 Å². The Labute approximate surface area is 149 Å². The molecule has 2 rings (SSSR count). The molecule has 23 heavy (non-hydrogen) atoms. The minimum Gasteiger partial charge on any atom is -0.497 e. The van der Waals surface area contributed by atoms with Gasteiger partial charge < -0.3 is 15.4 Å². The molecule has 0 fully saturated rings. The van der Waals surface area contributed by atoms with E-state index in [0.29, 0.717) is 15.7 Å². The predicted octanol–water partition coefficient (Wildman–Crippen LogP) is 4.06. The molecule has 0 heterocycles. The summed E-state index contributed by atoms with van der Waals surface area (Å²) in [5.41, 5.74) is 1.51. The fourth-order valence-corrected chi connectivity index (χ4v) is 2.37. The van der Waals surface area contributed by atoms with Gasteiger partial charge in [-0.15, -0.1) is 0 Å². The number of hydrogen-bond donors (Lipinski definition) is 2. The molecule has 0 aliphatic rings. The van der Waals surface area contributed by atoms with Gasteiger partial charge >= 0.3 is 0 Å². The summed E-state index contributed by atoms with van der Waals surface area (Å²) in [6.45, 7) is 0. The first-order chi connectivity index (χ1) is 11.0. The van der Waals surface area contributed by atoms with Crippen molar-refractivity contribution in [2.75, 3.05) is 12.4 Å². The number of ether oxygens (including phenoxy) is 1. The SMILES string of the molecule is COc1ccc(CC(=O)NC(=S)Nc2ccc(Cl)c(Cl)c2)cc1. The number of methoxy groups -OCH3 is 1. The summed E-state index contributed by atoms with van der Waals surface area (Å²) in [4.78, 5) is 12.0. The Balaban J connectivity index is 1.88. The Morgan fingerprint density at radius 3 is 2.43 bits per heavy atom. The summed E-state index contributed by atoms with van der Waals surface area (Å²) in [5, 5.41) is 6.55. The van der Waals surface area contributed by atoms with Crippen molar-refractivity contribution in [2.24, 2.45) is 0 Å². The number of carbonyl (C=O) groups excluding carboxylic acids is 1. The zero-order valence-electron chi connectivity index (χ0n) is 12.2. The summed E-state index contributed by atoms with van der Waals surface area (Å²) in [7, 11) is 1.59. The van der Waals surface area contributed by atoms with Crippen molar-refractivity contribution in [2.45, 2.75) is 6.42 Å². The molecule has 2 aromatic carbocycles. The molecular formula is C16H14Cl2N2O2S. The maximum Gasteiger partial charge on any atom is 0.230 e. The second kappa shape index (κ2) is 8.15. The fraction of sp³-hybridized carbons (Fsp3) is 0.125. The minimum atomic E-state index is -0.215. The van der Waals surface area contributed by atoms with Crippen LogP contribution in [0.4, 0.5) is 5.69 Å². The number of anilines is 1. The van der Waals surface area contributed by atoms with E-state index >= 15 is 0 Å². The number of carbonyl (C=O) groups is 1. The van der Waals surface area contributed by atoms with E-state index in [-0.39, 0.29) is 17.4 Å². The Morgan fingerprint density at radius 1 is 1.13 bits per heavy atom. The molecule has 0 aromatic heterocycles. The molecule has 7 heteroatoms. The Morgan fingerprint density at radius 2 is 1.83 bits per heavy atom. The summed E-state index contributed by atoms with van der Waals surface area (Å²) in [5.74, 6) is 0.527. The maximum absolute atomic E-state index is 12.0. The Hall–Kier alpha value is -1.82. The lowest BCUT2D eigenvalue weighted by Crippen LogP contribution is -2.35. The number of thiocarbonyl (C=S) groups is 1. The van der Waals surface area contributed by atoms with Gasteiger partial charge in [0.25, 0.3) is 0 Å². The van der Waals surface area contributed by atoms with E-state index in [0.717, 1.165) is 11.3 Å². The summed E-state index contributed by atoms with van der Waals surface area (Å²) in [6.07, 6.45) is 0.215. The van der Waals surface area contributed by atoms with E-state index in [2.05, 4.69) is 10.6 Å². The molecule has 0 aliphatic heterocycles. The molecule has 4 nitrogen and oxygen atoms in total. The lowest BCUT2D eigenvalue weighted by Gasteiger charge is -2.10. The van der Waals surface area contributed by atoms with Crippen LogP contribution in [0.3, 0.4) is 0 Å². The maximum atomic E-state index is 12.0. The molecule has 0 bridgehead atoms. The van der Waals surface area contributed by atoms with Crippen molar-refractivity contribution in [3.05, 3.63) is 58.1 Å². The number of hydrogen-bond acceptors (Lipinski definition) is 3. The molecule has 0 spiro atoms. The van der Waals surface area contributed by atoms with Gasteiger partial charge in [0, 0.05) is 5.69 Å². The predicted molar refractivity (Wildman–Crippen MR) is 97.5 cm³/mol. The Kier molecular flexibility index (Phi) is 6.21. The molecule has 0 atom stereocenters. The minimum absolute atomic E-state index is 0.196. The fourth-order valence-electron chi connectivity index (χ4n) is 1.84. The highest BCUT2D eigenvalue weighted by Gasteiger charge is 2.07. The van der Waals surface area contributed by atoms with Gasteiger partial charge in [-0.3, -0.25) is 4.79 Å². The van der Waals surface area contributed by atoms with E-state index in [1.54, 1.807) is 37.4 Å². The van der Waals surface area contributed by atoms with Crippen LogP contribution < -0.4 is 15.4 Å². The third kappa shape index (κ3) is 5.39. The first-order valence-electron chi connectivity index (χ1n) is 6.67. The standard InChI is InChI=1S/C16H14Cl2N2O2S/c1-22-12-5-2-10(3-6-12)8-15(21)20-16(23)19-11-4-7-13(17)14(18)9-11/h2-7,9H,8H2,1H3,(H2,19,20,21,23). The summed E-state index contributed by atoms with van der Waals surface area (Å²) < 4.78 is 5.07. The van der Waals surface area contributed by atoms with Crippen molar-refractivity contribution >= 4 is 52.1 Å². The Bertz CT molecular complexity index is 721. The summed E-state index contributed by atoms with van der Waals surface area (Å²) >= 11 is 16.9. The third-order valence-corrected chi connectivity index (χ3v) is 3.90. The third-order valence-electron chi connectivity index (χ3n) is 2.95. The molecule has 1 amide bonds. The molecule has 2 N–H and O–H groups in total. The number of halogens is 2. The molecule has 0 saturated heterocycles. The number of benzene rings is 2. The van der Waals surface area contributed by atoms with Crippen LogP contribution in [0, 0.1) is 0 Å². The van der Waals surface area contributed by atoms with Crippen molar-refractivity contribution in [1.82, 2.24) is 5.32 Å². The first kappa shape index (κ1) is 17.5. The van der Waals surface area contributed by atoms with E-state index < -0.39 is 0 Å². The van der Waals surface area contributed by atoms with Crippen molar-refractivity contribution < 1.29 is 9.53 Å². The molecule has 0 saturated carbocycles.